The van der Waals surface area contributed by atoms with E-state index in [2.05, 4.69) is 13.2 Å². The molecule has 6 nitrogen and oxygen atoms in total. The summed E-state index contributed by atoms with van der Waals surface area (Å²) in [5.41, 5.74) is 1.52. The molecule has 138 valence electrons. The van der Waals surface area contributed by atoms with Gasteiger partial charge in [0.05, 0.1) is 19.6 Å². The van der Waals surface area contributed by atoms with Crippen LogP contribution in [0.2, 0.25) is 0 Å². The normalized spacial score (nSPS) is 13.9. The Kier molecular flexibility index (Phi) is 7.54. The molecule has 1 aromatic rings. The van der Waals surface area contributed by atoms with Gasteiger partial charge in [-0.15, -0.1) is 13.2 Å². The van der Waals surface area contributed by atoms with Crippen molar-refractivity contribution in [2.75, 3.05) is 6.61 Å². The van der Waals surface area contributed by atoms with Crippen LogP contribution in [0.4, 0.5) is 0 Å². The van der Waals surface area contributed by atoms with Crippen molar-refractivity contribution in [2.24, 2.45) is 0 Å². The van der Waals surface area contributed by atoms with Crippen molar-refractivity contribution in [1.29, 1.82) is 0 Å². The second kappa shape index (κ2) is 8.94. The molecular weight excluding hydrogens is 344 g/mol. The van der Waals surface area contributed by atoms with Crippen LogP contribution in [0.25, 0.3) is 0 Å². The van der Waals surface area contributed by atoms with Crippen molar-refractivity contribution in [3.05, 3.63) is 54.1 Å². The number of allylic oxidation sites excluding steroid dienone is 2. The molecule has 7 heteroatoms. The van der Waals surface area contributed by atoms with Crippen LogP contribution in [0.5, 0.6) is 0 Å². The van der Waals surface area contributed by atoms with E-state index in [1.807, 2.05) is 0 Å². The summed E-state index contributed by atoms with van der Waals surface area (Å²) in [5, 5.41) is 8.64. The number of carboxylic acids is 1. The predicted octanol–water partition coefficient (Wildman–Crippen LogP) is 3.50. The molecule has 0 saturated carbocycles. The molecule has 0 bridgehead atoms. The van der Waals surface area contributed by atoms with Crippen LogP contribution in [0, 0.1) is 0 Å². The number of carbonyl (C=O) groups is 1. The summed E-state index contributed by atoms with van der Waals surface area (Å²) >= 11 is 0. The molecular formula is C18H24O6S. The van der Waals surface area contributed by atoms with Gasteiger partial charge in [-0.3, -0.25) is 9.35 Å². The molecule has 0 aliphatic carbocycles. The summed E-state index contributed by atoms with van der Waals surface area (Å²) in [6.45, 7) is 11.1. The summed E-state index contributed by atoms with van der Waals surface area (Å²) in [5.74, 6) is -1.58. The first-order valence-electron chi connectivity index (χ1n) is 7.80. The average molecular weight is 368 g/mol. The van der Waals surface area contributed by atoms with E-state index in [1.165, 1.54) is 0 Å². The number of rotatable bonds is 10. The number of ether oxygens (including phenoxy) is 1. The van der Waals surface area contributed by atoms with E-state index in [0.717, 1.165) is 0 Å². The number of hydrogen-bond donors (Lipinski definition) is 2. The van der Waals surface area contributed by atoms with Crippen molar-refractivity contribution in [2.45, 2.75) is 43.6 Å². The summed E-state index contributed by atoms with van der Waals surface area (Å²) in [4.78, 5) is 10.4. The van der Waals surface area contributed by atoms with Crippen molar-refractivity contribution in [3.63, 3.8) is 0 Å². The first kappa shape index (κ1) is 21.1. The second-order valence-corrected chi connectivity index (χ2v) is 7.18. The predicted molar refractivity (Wildman–Crippen MR) is 95.4 cm³/mol. The zero-order chi connectivity index (χ0) is 19.2. The van der Waals surface area contributed by atoms with Crippen molar-refractivity contribution in [1.82, 2.24) is 0 Å². The summed E-state index contributed by atoms with van der Waals surface area (Å²) in [6, 6.07) is 3.27. The molecule has 0 amide bonds. The highest BCUT2D eigenvalue weighted by molar-refractivity contribution is 7.86. The minimum atomic E-state index is -4.44. The SMILES string of the molecule is C=CC(C)c1cc(COCCC(=O)O)cc(C(C)C=C)c1S(=O)(=O)O. The fourth-order valence-electron chi connectivity index (χ4n) is 2.40. The molecule has 25 heavy (non-hydrogen) atoms. The molecule has 0 fully saturated rings. The lowest BCUT2D eigenvalue weighted by Gasteiger charge is -2.20. The van der Waals surface area contributed by atoms with Gasteiger partial charge >= 0.3 is 5.97 Å². The summed E-state index contributed by atoms with van der Waals surface area (Å²) in [6.07, 6.45) is 3.05. The molecule has 0 spiro atoms. The minimum Gasteiger partial charge on any atom is -0.481 e. The van der Waals surface area contributed by atoms with Gasteiger partial charge in [0.15, 0.2) is 0 Å². The highest BCUT2D eigenvalue weighted by atomic mass is 32.2. The van der Waals surface area contributed by atoms with E-state index >= 15 is 0 Å². The van der Waals surface area contributed by atoms with E-state index in [1.54, 1.807) is 38.1 Å². The van der Waals surface area contributed by atoms with Crippen molar-refractivity contribution < 1.29 is 27.6 Å². The maximum absolute atomic E-state index is 12.0. The first-order chi connectivity index (χ1) is 11.6. The van der Waals surface area contributed by atoms with Crippen molar-refractivity contribution in [3.8, 4) is 0 Å². The second-order valence-electron chi connectivity index (χ2n) is 5.82. The Hall–Kier alpha value is -1.96. The number of benzene rings is 1. The monoisotopic (exact) mass is 368 g/mol. The van der Waals surface area contributed by atoms with E-state index in [-0.39, 0.29) is 36.4 Å². The Balaban J connectivity index is 3.40. The van der Waals surface area contributed by atoms with Gasteiger partial charge in [-0.05, 0) is 16.7 Å². The zero-order valence-electron chi connectivity index (χ0n) is 14.4. The van der Waals surface area contributed by atoms with Crippen LogP contribution < -0.4 is 0 Å². The van der Waals surface area contributed by atoms with Gasteiger partial charge < -0.3 is 9.84 Å². The third kappa shape index (κ3) is 5.81. The lowest BCUT2D eigenvalue weighted by molar-refractivity contribution is -0.138. The maximum Gasteiger partial charge on any atom is 0.305 e. The minimum absolute atomic E-state index is 0.0497. The van der Waals surface area contributed by atoms with Crippen LogP contribution in [-0.4, -0.2) is 30.7 Å². The number of carboxylic acid groups (broad SMARTS) is 1. The first-order valence-corrected chi connectivity index (χ1v) is 9.24. The third-order valence-corrected chi connectivity index (χ3v) is 4.87. The average Bonchev–Trinajstić information content (AvgIpc) is 2.55. The lowest BCUT2D eigenvalue weighted by atomic mass is 9.91. The topological polar surface area (TPSA) is 101 Å². The molecule has 0 saturated heterocycles. The molecule has 2 N–H and O–H groups in total. The van der Waals surface area contributed by atoms with Gasteiger partial charge in [0, 0.05) is 11.8 Å². The number of hydrogen-bond acceptors (Lipinski definition) is 4. The van der Waals surface area contributed by atoms with Crippen LogP contribution in [0.15, 0.2) is 42.3 Å². The van der Waals surface area contributed by atoms with Gasteiger partial charge in [-0.2, -0.15) is 8.42 Å². The van der Waals surface area contributed by atoms with E-state index in [9.17, 15) is 17.8 Å². The molecule has 1 rings (SSSR count). The highest BCUT2D eigenvalue weighted by Gasteiger charge is 2.25. The quantitative estimate of drug-likeness (QED) is 0.372. The fraction of sp³-hybridized carbons (Fsp3) is 0.389. The molecule has 0 aliphatic heterocycles. The van der Waals surface area contributed by atoms with Crippen LogP contribution >= 0.6 is 0 Å². The van der Waals surface area contributed by atoms with Crippen molar-refractivity contribution >= 4 is 16.1 Å². The molecule has 0 aromatic heterocycles. The maximum atomic E-state index is 12.0. The van der Waals surface area contributed by atoms with Gasteiger partial charge in [-0.1, -0.05) is 38.1 Å². The standard InChI is InChI=1S/C18H24O6S/c1-5-12(3)15-9-14(11-24-8-7-17(19)20)10-16(13(4)6-2)18(15)25(21,22)23/h5-6,9-10,12-13H,1-2,7-8,11H2,3-4H3,(H,19,20)(H,21,22,23). The molecule has 0 aliphatic rings. The summed E-state index contributed by atoms with van der Waals surface area (Å²) in [7, 11) is -4.44. The number of aliphatic carboxylic acids is 1. The summed E-state index contributed by atoms with van der Waals surface area (Å²) < 4.78 is 39.0. The fourth-order valence-corrected chi connectivity index (χ4v) is 3.49. The lowest BCUT2D eigenvalue weighted by Crippen LogP contribution is -2.12. The molecule has 0 heterocycles. The Morgan fingerprint density at radius 3 is 2.04 bits per heavy atom. The van der Waals surface area contributed by atoms with Gasteiger partial charge in [0.2, 0.25) is 0 Å². The van der Waals surface area contributed by atoms with E-state index < -0.39 is 16.1 Å². The van der Waals surface area contributed by atoms with Crippen LogP contribution in [0.1, 0.15) is 48.8 Å². The van der Waals surface area contributed by atoms with Crippen LogP contribution in [-0.2, 0) is 26.3 Å². The van der Waals surface area contributed by atoms with Gasteiger partial charge in [0.1, 0.15) is 4.90 Å². The van der Waals surface area contributed by atoms with Gasteiger partial charge in [0.25, 0.3) is 10.1 Å². The Bertz CT molecular complexity index is 716. The zero-order valence-corrected chi connectivity index (χ0v) is 15.3. The van der Waals surface area contributed by atoms with E-state index in [4.69, 9.17) is 9.84 Å². The van der Waals surface area contributed by atoms with Crippen LogP contribution in [0.3, 0.4) is 0 Å². The molecule has 2 unspecified atom stereocenters. The molecule has 1 aromatic carbocycles. The molecule has 2 atom stereocenters. The Morgan fingerprint density at radius 1 is 1.20 bits per heavy atom. The third-order valence-electron chi connectivity index (χ3n) is 3.88. The Labute approximate surface area is 148 Å². The van der Waals surface area contributed by atoms with Gasteiger partial charge in [-0.25, -0.2) is 0 Å². The van der Waals surface area contributed by atoms with E-state index in [0.29, 0.717) is 16.7 Å². The smallest absolute Gasteiger partial charge is 0.305 e. The Morgan fingerprint density at radius 2 is 1.68 bits per heavy atom. The largest absolute Gasteiger partial charge is 0.481 e. The highest BCUT2D eigenvalue weighted by Crippen LogP contribution is 2.34. The molecule has 0 radical (unpaired) electrons.